The zero-order chi connectivity index (χ0) is 15.7. The van der Waals surface area contributed by atoms with Crippen molar-refractivity contribution >= 4 is 11.6 Å². The number of amides is 1. The molecule has 1 atom stereocenters. The van der Waals surface area contributed by atoms with Gasteiger partial charge in [0.2, 0.25) is 11.8 Å². The molecule has 0 radical (unpaired) electrons. The highest BCUT2D eigenvalue weighted by molar-refractivity contribution is 5.94. The van der Waals surface area contributed by atoms with Crippen LogP contribution in [0.4, 0.5) is 0 Å². The van der Waals surface area contributed by atoms with Gasteiger partial charge in [0.25, 0.3) is 5.91 Å². The largest absolute Gasteiger partial charge is 0.423 e. The third-order valence-electron chi connectivity index (χ3n) is 3.12. The van der Waals surface area contributed by atoms with Gasteiger partial charge in [-0.05, 0) is 29.5 Å². The van der Waals surface area contributed by atoms with Gasteiger partial charge in [-0.2, -0.15) is 4.52 Å². The van der Waals surface area contributed by atoms with E-state index in [9.17, 15) is 4.79 Å². The van der Waals surface area contributed by atoms with Gasteiger partial charge in [-0.15, -0.1) is 15.3 Å². The molecule has 22 heavy (non-hydrogen) atoms. The summed E-state index contributed by atoms with van der Waals surface area (Å²) in [7, 11) is 0. The van der Waals surface area contributed by atoms with Crippen LogP contribution < -0.4 is 5.32 Å². The zero-order valence-electron chi connectivity index (χ0n) is 12.4. The monoisotopic (exact) mass is 301 g/mol. The molecule has 0 aliphatic rings. The first-order valence-electron chi connectivity index (χ1n) is 6.86. The molecule has 0 saturated heterocycles. The van der Waals surface area contributed by atoms with Crippen LogP contribution in [-0.2, 0) is 0 Å². The lowest BCUT2D eigenvalue weighted by atomic mass is 10.2. The Bertz CT molecular complexity index is 807. The summed E-state index contributed by atoms with van der Waals surface area (Å²) in [6, 6.07) is 2.93. The minimum absolute atomic E-state index is 0.145. The Morgan fingerprint density at radius 1 is 1.18 bits per heavy atom. The van der Waals surface area contributed by atoms with Gasteiger partial charge in [0.15, 0.2) is 5.65 Å². The van der Waals surface area contributed by atoms with E-state index in [2.05, 4.69) is 31.0 Å². The van der Waals surface area contributed by atoms with Gasteiger partial charge in [0, 0.05) is 12.1 Å². The highest BCUT2D eigenvalue weighted by atomic mass is 16.4. The van der Waals surface area contributed by atoms with Crippen molar-refractivity contribution in [3.05, 3.63) is 35.7 Å². The highest BCUT2D eigenvalue weighted by Gasteiger charge is 2.18. The maximum atomic E-state index is 12.3. The SMILES string of the molecule is CC(C)c1nnc([C@H](C)NC(=O)c2ccc3nnnn3c2)o1. The molecular weight excluding hydrogens is 286 g/mol. The van der Waals surface area contributed by atoms with Crippen molar-refractivity contribution in [1.82, 2.24) is 35.6 Å². The van der Waals surface area contributed by atoms with Crippen LogP contribution in [0.3, 0.4) is 0 Å². The number of fused-ring (bicyclic) bond motifs is 1. The molecule has 0 unspecified atom stereocenters. The lowest BCUT2D eigenvalue weighted by molar-refractivity contribution is 0.0933. The summed E-state index contributed by atoms with van der Waals surface area (Å²) in [5, 5.41) is 21.8. The van der Waals surface area contributed by atoms with Crippen molar-refractivity contribution in [3.63, 3.8) is 0 Å². The van der Waals surface area contributed by atoms with Crippen molar-refractivity contribution < 1.29 is 9.21 Å². The minimum Gasteiger partial charge on any atom is -0.423 e. The number of nitrogens with one attached hydrogen (secondary N) is 1. The van der Waals surface area contributed by atoms with Crippen molar-refractivity contribution in [3.8, 4) is 0 Å². The summed E-state index contributed by atoms with van der Waals surface area (Å²) < 4.78 is 6.96. The summed E-state index contributed by atoms with van der Waals surface area (Å²) in [4.78, 5) is 12.3. The lowest BCUT2D eigenvalue weighted by Gasteiger charge is -2.10. The van der Waals surface area contributed by atoms with E-state index >= 15 is 0 Å². The molecule has 0 bridgehead atoms. The van der Waals surface area contributed by atoms with E-state index in [0.29, 0.717) is 23.0 Å². The molecule has 9 nitrogen and oxygen atoms in total. The van der Waals surface area contributed by atoms with Crippen LogP contribution in [0.1, 0.15) is 54.9 Å². The van der Waals surface area contributed by atoms with Gasteiger partial charge in [0.1, 0.15) is 6.04 Å². The zero-order valence-corrected chi connectivity index (χ0v) is 12.4. The van der Waals surface area contributed by atoms with E-state index in [1.165, 1.54) is 4.52 Å². The number of carbonyl (C=O) groups is 1. The van der Waals surface area contributed by atoms with Crippen LogP contribution in [-0.4, -0.2) is 36.1 Å². The molecule has 1 amide bonds. The van der Waals surface area contributed by atoms with E-state index in [4.69, 9.17) is 4.42 Å². The topological polar surface area (TPSA) is 111 Å². The quantitative estimate of drug-likeness (QED) is 0.768. The highest BCUT2D eigenvalue weighted by Crippen LogP contribution is 2.17. The Kier molecular flexibility index (Phi) is 3.53. The predicted octanol–water partition coefficient (Wildman–Crippen LogP) is 1.12. The second-order valence-corrected chi connectivity index (χ2v) is 5.23. The Labute approximate surface area is 125 Å². The molecule has 9 heteroatoms. The number of carbonyl (C=O) groups excluding carboxylic acids is 1. The molecule has 3 aromatic heterocycles. The molecule has 0 fully saturated rings. The molecule has 114 valence electrons. The molecule has 3 rings (SSSR count). The van der Waals surface area contributed by atoms with Crippen LogP contribution in [0.5, 0.6) is 0 Å². The second kappa shape index (κ2) is 5.51. The maximum absolute atomic E-state index is 12.3. The summed E-state index contributed by atoms with van der Waals surface area (Å²) in [5.74, 6) is 0.798. The van der Waals surface area contributed by atoms with Crippen molar-refractivity contribution in [2.24, 2.45) is 0 Å². The van der Waals surface area contributed by atoms with Gasteiger partial charge < -0.3 is 9.73 Å². The average Bonchev–Trinajstić information content (AvgIpc) is 3.15. The Morgan fingerprint density at radius 2 is 1.95 bits per heavy atom. The van der Waals surface area contributed by atoms with E-state index < -0.39 is 6.04 Å². The van der Waals surface area contributed by atoms with Crippen molar-refractivity contribution in [1.29, 1.82) is 0 Å². The fraction of sp³-hybridized carbons (Fsp3) is 0.385. The number of hydrogen-bond acceptors (Lipinski definition) is 7. The Morgan fingerprint density at radius 3 is 2.68 bits per heavy atom. The van der Waals surface area contributed by atoms with Gasteiger partial charge in [-0.25, -0.2) is 0 Å². The summed E-state index contributed by atoms with van der Waals surface area (Å²) in [6.45, 7) is 5.70. The van der Waals surface area contributed by atoms with E-state index in [1.54, 1.807) is 25.3 Å². The summed E-state index contributed by atoms with van der Waals surface area (Å²) in [5.41, 5.74) is 1.01. The smallest absolute Gasteiger partial charge is 0.253 e. The number of rotatable bonds is 4. The number of tetrazole rings is 1. The molecule has 3 heterocycles. The third kappa shape index (κ3) is 2.65. The molecule has 0 spiro atoms. The second-order valence-electron chi connectivity index (χ2n) is 5.23. The first-order valence-corrected chi connectivity index (χ1v) is 6.86. The van der Waals surface area contributed by atoms with Crippen LogP contribution in [0.2, 0.25) is 0 Å². The Hall–Kier alpha value is -2.84. The molecule has 3 aromatic rings. The van der Waals surface area contributed by atoms with Crippen LogP contribution >= 0.6 is 0 Å². The summed E-state index contributed by atoms with van der Waals surface area (Å²) >= 11 is 0. The molecule has 1 N–H and O–H groups in total. The fourth-order valence-corrected chi connectivity index (χ4v) is 1.87. The summed E-state index contributed by atoms with van der Waals surface area (Å²) in [6.07, 6.45) is 1.56. The number of nitrogens with zero attached hydrogens (tertiary/aromatic N) is 6. The predicted molar refractivity (Wildman–Crippen MR) is 75.1 cm³/mol. The molecular formula is C13H15N7O2. The molecule has 0 aliphatic carbocycles. The van der Waals surface area contributed by atoms with E-state index in [1.807, 2.05) is 13.8 Å². The van der Waals surface area contributed by atoms with E-state index in [0.717, 1.165) is 0 Å². The maximum Gasteiger partial charge on any atom is 0.253 e. The minimum atomic E-state index is -0.392. The van der Waals surface area contributed by atoms with Gasteiger partial charge >= 0.3 is 0 Å². The van der Waals surface area contributed by atoms with Crippen LogP contribution in [0.15, 0.2) is 22.7 Å². The normalized spacial score (nSPS) is 12.7. The van der Waals surface area contributed by atoms with Crippen LogP contribution in [0, 0.1) is 0 Å². The number of aromatic nitrogens is 6. The number of pyridine rings is 1. The van der Waals surface area contributed by atoms with Gasteiger partial charge in [0.05, 0.1) is 5.56 Å². The standard InChI is InChI=1S/C13H15N7O2/c1-7(2)12-16-17-13(22-12)8(3)14-11(21)9-4-5-10-15-18-19-20(10)6-9/h4-8H,1-3H3,(H,14,21)/t8-/m0/s1. The third-order valence-corrected chi connectivity index (χ3v) is 3.12. The van der Waals surface area contributed by atoms with E-state index in [-0.39, 0.29) is 11.8 Å². The molecule has 0 aromatic carbocycles. The van der Waals surface area contributed by atoms with Gasteiger partial charge in [-0.3, -0.25) is 4.79 Å². The Balaban J connectivity index is 1.74. The lowest BCUT2D eigenvalue weighted by Crippen LogP contribution is -2.27. The van der Waals surface area contributed by atoms with Gasteiger partial charge in [-0.1, -0.05) is 13.8 Å². The fourth-order valence-electron chi connectivity index (χ4n) is 1.87. The first-order chi connectivity index (χ1) is 10.5. The van der Waals surface area contributed by atoms with Crippen molar-refractivity contribution in [2.45, 2.75) is 32.7 Å². The number of hydrogen-bond donors (Lipinski definition) is 1. The molecule has 0 aliphatic heterocycles. The first kappa shape index (κ1) is 14.1. The van der Waals surface area contributed by atoms with Crippen LogP contribution in [0.25, 0.3) is 5.65 Å². The average molecular weight is 301 g/mol. The van der Waals surface area contributed by atoms with Crippen molar-refractivity contribution in [2.75, 3.05) is 0 Å². The molecule has 0 saturated carbocycles.